The zero-order valence-electron chi connectivity index (χ0n) is 12.8. The van der Waals surface area contributed by atoms with Crippen LogP contribution < -0.4 is 5.32 Å². The number of nitrogens with one attached hydrogen (secondary N) is 1. The van der Waals surface area contributed by atoms with Gasteiger partial charge in [0, 0.05) is 10.5 Å². The monoisotopic (exact) mass is 415 g/mol. The molecular weight excluding hydrogens is 401 g/mol. The number of amides is 1. The lowest BCUT2D eigenvalue weighted by atomic mass is 10.2. The number of halogens is 2. The molecule has 0 spiro atoms. The van der Waals surface area contributed by atoms with Crippen molar-refractivity contribution < 1.29 is 17.6 Å². The molecule has 1 N–H and O–H groups in total. The van der Waals surface area contributed by atoms with Crippen molar-refractivity contribution in [3.8, 4) is 0 Å². The lowest BCUT2D eigenvalue weighted by molar-refractivity contribution is 0.102. The van der Waals surface area contributed by atoms with Gasteiger partial charge < -0.3 is 5.32 Å². The van der Waals surface area contributed by atoms with E-state index in [1.807, 2.05) is 0 Å². The molecule has 2 aromatic rings. The second-order valence-electron chi connectivity index (χ2n) is 5.75. The maximum absolute atomic E-state index is 13.1. The first-order chi connectivity index (χ1) is 11.2. The average Bonchev–Trinajstić information content (AvgIpc) is 3.01. The van der Waals surface area contributed by atoms with Gasteiger partial charge in [0.15, 0.2) is 9.84 Å². The van der Waals surface area contributed by atoms with Crippen LogP contribution in [0.15, 0.2) is 28.7 Å². The molecule has 0 radical (unpaired) electrons. The number of hydrogen-bond donors (Lipinski definition) is 1. The molecule has 1 aromatic carbocycles. The van der Waals surface area contributed by atoms with E-state index in [1.54, 1.807) is 17.7 Å². The van der Waals surface area contributed by atoms with Crippen LogP contribution >= 0.6 is 15.9 Å². The highest BCUT2D eigenvalue weighted by molar-refractivity contribution is 9.10. The van der Waals surface area contributed by atoms with Gasteiger partial charge in [0.05, 0.1) is 28.8 Å². The number of carbonyl (C=O) groups is 1. The predicted molar refractivity (Wildman–Crippen MR) is 91.3 cm³/mol. The first kappa shape index (κ1) is 17.1. The minimum Gasteiger partial charge on any atom is -0.307 e. The molecule has 0 saturated carbocycles. The fraction of sp³-hybridized carbons (Fsp3) is 0.333. The lowest BCUT2D eigenvalue weighted by Crippen LogP contribution is -2.20. The van der Waals surface area contributed by atoms with Crippen LogP contribution in [-0.4, -0.2) is 35.6 Å². The molecule has 128 valence electrons. The van der Waals surface area contributed by atoms with Crippen LogP contribution in [-0.2, 0) is 9.84 Å². The van der Waals surface area contributed by atoms with E-state index in [-0.39, 0.29) is 23.1 Å². The zero-order valence-corrected chi connectivity index (χ0v) is 15.2. The van der Waals surface area contributed by atoms with Crippen molar-refractivity contribution in [1.82, 2.24) is 9.78 Å². The average molecular weight is 416 g/mol. The summed E-state index contributed by atoms with van der Waals surface area (Å²) in [5.74, 6) is -0.319. The number of hydrogen-bond acceptors (Lipinski definition) is 4. The van der Waals surface area contributed by atoms with Gasteiger partial charge in [-0.25, -0.2) is 17.5 Å². The van der Waals surface area contributed by atoms with Crippen molar-refractivity contribution in [3.63, 3.8) is 0 Å². The Morgan fingerprint density at radius 2 is 2.17 bits per heavy atom. The van der Waals surface area contributed by atoms with E-state index in [4.69, 9.17) is 0 Å². The topological polar surface area (TPSA) is 81.1 Å². The number of anilines is 1. The molecule has 3 rings (SSSR count). The van der Waals surface area contributed by atoms with E-state index in [1.165, 1.54) is 18.2 Å². The summed E-state index contributed by atoms with van der Waals surface area (Å²) >= 11 is 3.16. The lowest BCUT2D eigenvalue weighted by Gasteiger charge is -2.14. The first-order valence-corrected chi connectivity index (χ1v) is 9.89. The molecule has 1 fully saturated rings. The Bertz CT molecular complexity index is 911. The Hall–Kier alpha value is -1.74. The first-order valence-electron chi connectivity index (χ1n) is 7.28. The Morgan fingerprint density at radius 1 is 1.42 bits per heavy atom. The van der Waals surface area contributed by atoms with Gasteiger partial charge in [-0.3, -0.25) is 4.79 Å². The molecule has 1 amide bonds. The van der Waals surface area contributed by atoms with Crippen LogP contribution in [0.25, 0.3) is 0 Å². The van der Waals surface area contributed by atoms with Crippen LogP contribution in [0.1, 0.15) is 28.5 Å². The summed E-state index contributed by atoms with van der Waals surface area (Å²) in [6.45, 7) is 1.77. The Morgan fingerprint density at radius 3 is 2.79 bits per heavy atom. The predicted octanol–water partition coefficient (Wildman–Crippen LogP) is 2.71. The summed E-state index contributed by atoms with van der Waals surface area (Å²) < 4.78 is 38.4. The van der Waals surface area contributed by atoms with Crippen LogP contribution in [0.4, 0.5) is 10.2 Å². The van der Waals surface area contributed by atoms with Gasteiger partial charge in [-0.2, -0.15) is 5.10 Å². The molecule has 1 aromatic heterocycles. The number of aromatic nitrogens is 2. The highest BCUT2D eigenvalue weighted by atomic mass is 79.9. The van der Waals surface area contributed by atoms with Gasteiger partial charge in [-0.1, -0.05) is 0 Å². The molecular formula is C15H15BrFN3O3S. The number of carbonyl (C=O) groups excluding carboxylic acids is 1. The maximum Gasteiger partial charge on any atom is 0.257 e. The number of nitrogens with zero attached hydrogens (tertiary/aromatic N) is 2. The normalized spacial score (nSPS) is 19.4. The number of aryl methyl sites for hydroxylation is 1. The van der Waals surface area contributed by atoms with Crippen molar-refractivity contribution >= 4 is 37.5 Å². The van der Waals surface area contributed by atoms with Gasteiger partial charge in [0.1, 0.15) is 11.6 Å². The van der Waals surface area contributed by atoms with Gasteiger partial charge >= 0.3 is 0 Å². The van der Waals surface area contributed by atoms with Crippen molar-refractivity contribution in [2.45, 2.75) is 19.4 Å². The number of sulfone groups is 1. The van der Waals surface area contributed by atoms with E-state index in [0.717, 1.165) is 0 Å². The highest BCUT2D eigenvalue weighted by Crippen LogP contribution is 2.28. The van der Waals surface area contributed by atoms with E-state index in [2.05, 4.69) is 26.3 Å². The number of benzene rings is 1. The molecule has 1 unspecified atom stereocenters. The molecule has 6 nitrogen and oxygen atoms in total. The second-order valence-corrected chi connectivity index (χ2v) is 8.83. The van der Waals surface area contributed by atoms with E-state index in [0.29, 0.717) is 22.4 Å². The molecule has 1 saturated heterocycles. The van der Waals surface area contributed by atoms with Gasteiger partial charge in [-0.05, 0) is 47.5 Å². The molecule has 0 aliphatic carbocycles. The third-order valence-corrected chi connectivity index (χ3v) is 6.24. The standard InChI is InChI=1S/C15H15BrFN3O3S/c1-9-6-14(20(19-9)11-4-5-24(22,23)8-11)18-15(21)12-3-2-10(17)7-13(12)16/h2-3,6-7,11H,4-5,8H2,1H3,(H,18,21). The van der Waals surface area contributed by atoms with E-state index in [9.17, 15) is 17.6 Å². The fourth-order valence-electron chi connectivity index (χ4n) is 2.71. The minimum absolute atomic E-state index is 0.0111. The Kier molecular flexibility index (Phi) is 4.48. The smallest absolute Gasteiger partial charge is 0.257 e. The van der Waals surface area contributed by atoms with Crippen LogP contribution in [0.5, 0.6) is 0 Å². The van der Waals surface area contributed by atoms with Crippen molar-refractivity contribution in [1.29, 1.82) is 0 Å². The van der Waals surface area contributed by atoms with Gasteiger partial charge in [-0.15, -0.1) is 0 Å². The van der Waals surface area contributed by atoms with Crippen molar-refractivity contribution in [2.75, 3.05) is 16.8 Å². The maximum atomic E-state index is 13.1. The number of rotatable bonds is 3. The third-order valence-electron chi connectivity index (χ3n) is 3.83. The molecule has 1 aliphatic rings. The van der Waals surface area contributed by atoms with E-state index >= 15 is 0 Å². The Labute approximate surface area is 147 Å². The molecule has 2 heterocycles. The third kappa shape index (κ3) is 3.51. The van der Waals surface area contributed by atoms with E-state index < -0.39 is 21.6 Å². The summed E-state index contributed by atoms with van der Waals surface area (Å²) in [6.07, 6.45) is 0.465. The molecule has 9 heteroatoms. The Balaban J connectivity index is 1.87. The molecule has 1 aliphatic heterocycles. The summed E-state index contributed by atoms with van der Waals surface area (Å²) in [5.41, 5.74) is 0.952. The SMILES string of the molecule is Cc1cc(NC(=O)c2ccc(F)cc2Br)n(C2CCS(=O)(=O)C2)n1. The quantitative estimate of drug-likeness (QED) is 0.835. The molecule has 24 heavy (non-hydrogen) atoms. The molecule has 0 bridgehead atoms. The molecule has 1 atom stereocenters. The fourth-order valence-corrected chi connectivity index (χ4v) is 4.94. The second kappa shape index (κ2) is 6.29. The van der Waals surface area contributed by atoms with Crippen LogP contribution in [0.3, 0.4) is 0 Å². The summed E-state index contributed by atoms with van der Waals surface area (Å²) in [7, 11) is -3.07. The highest BCUT2D eigenvalue weighted by Gasteiger charge is 2.31. The minimum atomic E-state index is -3.07. The van der Waals surface area contributed by atoms with Crippen LogP contribution in [0.2, 0.25) is 0 Å². The van der Waals surface area contributed by atoms with Crippen molar-refractivity contribution in [3.05, 3.63) is 45.8 Å². The zero-order chi connectivity index (χ0) is 17.5. The van der Waals surface area contributed by atoms with Gasteiger partial charge in [0.2, 0.25) is 0 Å². The van der Waals surface area contributed by atoms with Crippen LogP contribution in [0, 0.1) is 12.7 Å². The van der Waals surface area contributed by atoms with Crippen molar-refractivity contribution in [2.24, 2.45) is 0 Å². The summed E-state index contributed by atoms with van der Waals surface area (Å²) in [4.78, 5) is 12.4. The summed E-state index contributed by atoms with van der Waals surface area (Å²) in [5, 5.41) is 7.03. The summed E-state index contributed by atoms with van der Waals surface area (Å²) in [6, 6.07) is 5.17. The van der Waals surface area contributed by atoms with Gasteiger partial charge in [0.25, 0.3) is 5.91 Å². The largest absolute Gasteiger partial charge is 0.307 e.